The third-order valence-electron chi connectivity index (χ3n) is 5.09. The predicted molar refractivity (Wildman–Crippen MR) is 136 cm³/mol. The average molecular weight is 459 g/mol. The van der Waals surface area contributed by atoms with E-state index < -0.39 is 0 Å². The number of rotatable bonds is 9. The summed E-state index contributed by atoms with van der Waals surface area (Å²) in [6.07, 6.45) is 0. The fourth-order valence-corrected chi connectivity index (χ4v) is 3.24. The van der Waals surface area contributed by atoms with E-state index in [0.29, 0.717) is 35.0 Å². The SMILES string of the molecule is Cc1ccc(NC(=O)c2ccccc2)cc1NCC(=O)Nc1ccccc1C(=O)NCC(C)C. The molecule has 176 valence electrons. The Kier molecular flexibility index (Phi) is 8.40. The lowest BCUT2D eigenvalue weighted by Crippen LogP contribution is -2.29. The van der Waals surface area contributed by atoms with E-state index >= 15 is 0 Å². The Morgan fingerprint density at radius 3 is 2.24 bits per heavy atom. The van der Waals surface area contributed by atoms with Crippen LogP contribution in [-0.2, 0) is 4.79 Å². The maximum absolute atomic E-state index is 12.6. The number of amides is 3. The van der Waals surface area contributed by atoms with Crippen molar-refractivity contribution in [2.75, 3.05) is 29.0 Å². The van der Waals surface area contributed by atoms with Crippen LogP contribution in [0, 0.1) is 12.8 Å². The number of nitrogens with one attached hydrogen (secondary N) is 4. The Morgan fingerprint density at radius 2 is 1.50 bits per heavy atom. The molecule has 0 atom stereocenters. The quantitative estimate of drug-likeness (QED) is 0.374. The maximum Gasteiger partial charge on any atom is 0.255 e. The van der Waals surface area contributed by atoms with Gasteiger partial charge >= 0.3 is 0 Å². The van der Waals surface area contributed by atoms with Gasteiger partial charge in [0.05, 0.1) is 17.8 Å². The van der Waals surface area contributed by atoms with Crippen LogP contribution in [0.1, 0.15) is 40.1 Å². The number of aryl methyl sites for hydroxylation is 1. The van der Waals surface area contributed by atoms with Gasteiger partial charge in [-0.1, -0.05) is 50.2 Å². The minimum atomic E-state index is -0.290. The molecule has 0 saturated carbocycles. The van der Waals surface area contributed by atoms with E-state index in [2.05, 4.69) is 21.3 Å². The van der Waals surface area contributed by atoms with Crippen molar-refractivity contribution in [1.29, 1.82) is 0 Å². The Hall–Kier alpha value is -4.13. The van der Waals surface area contributed by atoms with Crippen LogP contribution in [0.2, 0.25) is 0 Å². The summed E-state index contributed by atoms with van der Waals surface area (Å²) in [5.74, 6) is -0.399. The molecule has 0 unspecified atom stereocenters. The first-order chi connectivity index (χ1) is 16.3. The second-order valence-corrected chi connectivity index (χ2v) is 8.40. The summed E-state index contributed by atoms with van der Waals surface area (Å²) in [5.41, 5.74) is 3.71. The number of hydrogen-bond acceptors (Lipinski definition) is 4. The lowest BCUT2D eigenvalue weighted by molar-refractivity contribution is -0.114. The van der Waals surface area contributed by atoms with Crippen LogP contribution in [0.5, 0.6) is 0 Å². The largest absolute Gasteiger partial charge is 0.376 e. The highest BCUT2D eigenvalue weighted by Crippen LogP contribution is 2.21. The Morgan fingerprint density at radius 1 is 0.794 bits per heavy atom. The standard InChI is InChI=1S/C27H30N4O3/c1-18(2)16-29-27(34)22-11-7-8-12-23(22)31-25(32)17-28-24-15-21(14-13-19(24)3)30-26(33)20-9-5-4-6-10-20/h4-15,18,28H,16-17H2,1-3H3,(H,29,34)(H,30,33)(H,31,32). The van der Waals surface area contributed by atoms with Crippen molar-refractivity contribution < 1.29 is 14.4 Å². The lowest BCUT2D eigenvalue weighted by atomic mass is 10.1. The van der Waals surface area contributed by atoms with Crippen LogP contribution < -0.4 is 21.3 Å². The van der Waals surface area contributed by atoms with E-state index in [0.717, 1.165) is 11.3 Å². The molecule has 3 amide bonds. The number of carbonyl (C=O) groups excluding carboxylic acids is 3. The van der Waals surface area contributed by atoms with Gasteiger partial charge < -0.3 is 21.3 Å². The molecule has 3 aromatic carbocycles. The zero-order valence-electron chi connectivity index (χ0n) is 19.6. The second-order valence-electron chi connectivity index (χ2n) is 8.40. The van der Waals surface area contributed by atoms with Crippen LogP contribution >= 0.6 is 0 Å². The van der Waals surface area contributed by atoms with Crippen LogP contribution in [0.25, 0.3) is 0 Å². The summed E-state index contributed by atoms with van der Waals surface area (Å²) in [7, 11) is 0. The van der Waals surface area contributed by atoms with Gasteiger partial charge in [-0.15, -0.1) is 0 Å². The number of anilines is 3. The van der Waals surface area contributed by atoms with Crippen LogP contribution in [0.15, 0.2) is 72.8 Å². The molecule has 0 aromatic heterocycles. The lowest BCUT2D eigenvalue weighted by Gasteiger charge is -2.14. The van der Waals surface area contributed by atoms with Crippen LogP contribution in [-0.4, -0.2) is 30.8 Å². The van der Waals surface area contributed by atoms with E-state index in [-0.39, 0.29) is 24.3 Å². The minimum absolute atomic E-state index is 0.00112. The summed E-state index contributed by atoms with van der Waals surface area (Å²) in [4.78, 5) is 37.5. The fraction of sp³-hybridized carbons (Fsp3) is 0.222. The Labute approximate surface area is 200 Å². The number of hydrogen-bond donors (Lipinski definition) is 4. The summed E-state index contributed by atoms with van der Waals surface area (Å²) < 4.78 is 0. The molecule has 3 rings (SSSR count). The molecule has 4 N–H and O–H groups in total. The minimum Gasteiger partial charge on any atom is -0.376 e. The average Bonchev–Trinajstić information content (AvgIpc) is 2.83. The first-order valence-electron chi connectivity index (χ1n) is 11.2. The molecule has 0 saturated heterocycles. The van der Waals surface area contributed by atoms with Gasteiger partial charge in [0.1, 0.15) is 0 Å². The smallest absolute Gasteiger partial charge is 0.255 e. The van der Waals surface area contributed by atoms with E-state index in [4.69, 9.17) is 0 Å². The maximum atomic E-state index is 12.6. The summed E-state index contributed by atoms with van der Waals surface area (Å²) in [6.45, 7) is 6.50. The van der Waals surface area contributed by atoms with Crippen LogP contribution in [0.4, 0.5) is 17.1 Å². The number of carbonyl (C=O) groups is 3. The predicted octanol–water partition coefficient (Wildman–Crippen LogP) is 4.68. The van der Waals surface area contributed by atoms with Crippen molar-refractivity contribution >= 4 is 34.8 Å². The van der Waals surface area contributed by atoms with Crippen molar-refractivity contribution in [2.24, 2.45) is 5.92 Å². The highest BCUT2D eigenvalue weighted by molar-refractivity contribution is 6.05. The molecule has 0 aliphatic carbocycles. The Bertz CT molecular complexity index is 1160. The third kappa shape index (κ3) is 6.93. The van der Waals surface area contributed by atoms with E-state index in [1.54, 1.807) is 42.5 Å². The molecule has 0 heterocycles. The van der Waals surface area contributed by atoms with Crippen molar-refractivity contribution in [2.45, 2.75) is 20.8 Å². The zero-order chi connectivity index (χ0) is 24.5. The van der Waals surface area contributed by atoms with Gasteiger partial charge in [-0.25, -0.2) is 0 Å². The first kappa shape index (κ1) is 24.5. The molecule has 34 heavy (non-hydrogen) atoms. The van der Waals surface area contributed by atoms with Crippen molar-refractivity contribution in [1.82, 2.24) is 5.32 Å². The molecule has 0 bridgehead atoms. The molecule has 7 heteroatoms. The van der Waals surface area contributed by atoms with E-state index in [1.165, 1.54) is 0 Å². The van der Waals surface area contributed by atoms with Crippen molar-refractivity contribution in [3.8, 4) is 0 Å². The molecule has 7 nitrogen and oxygen atoms in total. The molecular weight excluding hydrogens is 428 g/mol. The van der Waals surface area contributed by atoms with Gasteiger partial charge in [-0.2, -0.15) is 0 Å². The molecule has 0 fully saturated rings. The summed E-state index contributed by atoms with van der Waals surface area (Å²) in [6, 6.07) is 21.3. The van der Waals surface area contributed by atoms with Gasteiger partial charge in [0, 0.05) is 23.5 Å². The van der Waals surface area contributed by atoms with Gasteiger partial charge in [0.15, 0.2) is 0 Å². The van der Waals surface area contributed by atoms with Gasteiger partial charge in [-0.05, 0) is 54.8 Å². The highest BCUT2D eigenvalue weighted by Gasteiger charge is 2.14. The highest BCUT2D eigenvalue weighted by atomic mass is 16.2. The van der Waals surface area contributed by atoms with Gasteiger partial charge in [-0.3, -0.25) is 14.4 Å². The first-order valence-corrected chi connectivity index (χ1v) is 11.2. The number of para-hydroxylation sites is 1. The molecule has 0 aliphatic rings. The number of benzene rings is 3. The zero-order valence-corrected chi connectivity index (χ0v) is 19.6. The van der Waals surface area contributed by atoms with E-state index in [1.807, 2.05) is 51.1 Å². The van der Waals surface area contributed by atoms with Crippen molar-refractivity contribution in [3.63, 3.8) is 0 Å². The molecule has 0 aliphatic heterocycles. The molecule has 0 radical (unpaired) electrons. The monoisotopic (exact) mass is 458 g/mol. The van der Waals surface area contributed by atoms with Gasteiger partial charge in [0.2, 0.25) is 5.91 Å². The topological polar surface area (TPSA) is 99.3 Å². The summed E-state index contributed by atoms with van der Waals surface area (Å²) >= 11 is 0. The van der Waals surface area contributed by atoms with E-state index in [9.17, 15) is 14.4 Å². The fourth-order valence-electron chi connectivity index (χ4n) is 3.24. The van der Waals surface area contributed by atoms with Crippen LogP contribution in [0.3, 0.4) is 0 Å². The van der Waals surface area contributed by atoms with Crippen molar-refractivity contribution in [3.05, 3.63) is 89.5 Å². The third-order valence-corrected chi connectivity index (χ3v) is 5.09. The molecular formula is C27H30N4O3. The second kappa shape index (κ2) is 11.7. The molecule has 0 spiro atoms. The molecule has 3 aromatic rings. The summed E-state index contributed by atoms with van der Waals surface area (Å²) in [5, 5.41) is 11.7. The Balaban J connectivity index is 1.62. The normalized spacial score (nSPS) is 10.5. The van der Waals surface area contributed by atoms with Gasteiger partial charge in [0.25, 0.3) is 11.8 Å².